The van der Waals surface area contributed by atoms with Crippen molar-refractivity contribution >= 4 is 15.9 Å². The maximum absolute atomic E-state index is 12.6. The number of hydrogen-bond donors (Lipinski definition) is 1. The predicted molar refractivity (Wildman–Crippen MR) is 78.8 cm³/mol. The first-order valence-electron chi connectivity index (χ1n) is 7.52. The Hall–Kier alpha value is -0.880. The summed E-state index contributed by atoms with van der Waals surface area (Å²) in [6, 6.07) is -0.275. The largest absolute Gasteiger partial charge is 0.383 e. The van der Waals surface area contributed by atoms with E-state index >= 15 is 0 Å². The van der Waals surface area contributed by atoms with Gasteiger partial charge >= 0.3 is 0 Å². The number of aliphatic hydroxyl groups is 1. The summed E-state index contributed by atoms with van der Waals surface area (Å²) in [4.78, 5) is 12.4. The highest BCUT2D eigenvalue weighted by atomic mass is 32.2. The van der Waals surface area contributed by atoms with Crippen molar-refractivity contribution in [3.8, 4) is 0 Å². The molecule has 0 aromatic heterocycles. The van der Waals surface area contributed by atoms with Gasteiger partial charge in [0.15, 0.2) is 0 Å². The Labute approximate surface area is 126 Å². The summed E-state index contributed by atoms with van der Waals surface area (Å²) in [6.45, 7) is 7.76. The van der Waals surface area contributed by atoms with Crippen molar-refractivity contribution in [3.63, 3.8) is 0 Å². The molecule has 1 amide bonds. The van der Waals surface area contributed by atoms with E-state index in [0.29, 0.717) is 5.92 Å². The molecular formula is C15H23NO4S. The van der Waals surface area contributed by atoms with Crippen LogP contribution < -0.4 is 0 Å². The van der Waals surface area contributed by atoms with E-state index in [1.54, 1.807) is 0 Å². The average molecular weight is 313 g/mol. The van der Waals surface area contributed by atoms with E-state index in [1.807, 2.05) is 0 Å². The lowest BCUT2D eigenvalue weighted by atomic mass is 9.69. The third-order valence-electron chi connectivity index (χ3n) is 6.30. The van der Waals surface area contributed by atoms with Gasteiger partial charge in [0.05, 0.1) is 11.8 Å². The van der Waals surface area contributed by atoms with Crippen molar-refractivity contribution in [1.29, 1.82) is 0 Å². The maximum Gasteiger partial charge on any atom is 0.265 e. The molecule has 1 spiro atoms. The summed E-state index contributed by atoms with van der Waals surface area (Å²) in [5.74, 6) is -0.175. The van der Waals surface area contributed by atoms with Crippen molar-refractivity contribution in [2.24, 2.45) is 16.7 Å². The van der Waals surface area contributed by atoms with Gasteiger partial charge in [0.25, 0.3) is 5.91 Å². The molecule has 2 saturated carbocycles. The molecule has 6 heteroatoms. The first-order valence-corrected chi connectivity index (χ1v) is 9.13. The summed E-state index contributed by atoms with van der Waals surface area (Å²) < 4.78 is 26.1. The third kappa shape index (κ3) is 1.72. The highest BCUT2D eigenvalue weighted by molar-refractivity contribution is 7.90. The molecule has 118 valence electrons. The molecule has 5 nitrogen and oxygen atoms in total. The second kappa shape index (κ2) is 4.32. The van der Waals surface area contributed by atoms with Crippen molar-refractivity contribution in [3.05, 3.63) is 12.7 Å². The van der Waals surface area contributed by atoms with E-state index in [2.05, 4.69) is 20.4 Å². The SMILES string of the molecule is C=CC[C@H](O)C(=O)N1[C@@H]2C[C@H]3CC[C@]2(CS1(=O)=O)C3(C)C. The second-order valence-electron chi connectivity index (χ2n) is 7.30. The Bertz CT molecular complexity index is 597. The van der Waals surface area contributed by atoms with Crippen LogP contribution in [0, 0.1) is 16.7 Å². The summed E-state index contributed by atoms with van der Waals surface area (Å²) >= 11 is 0. The number of carbonyl (C=O) groups is 1. The zero-order chi connectivity index (χ0) is 15.6. The molecule has 0 radical (unpaired) electrons. The lowest BCUT2D eigenvalue weighted by Gasteiger charge is -2.37. The van der Waals surface area contributed by atoms with Crippen LogP contribution in [-0.4, -0.2) is 41.6 Å². The number of rotatable bonds is 3. The van der Waals surface area contributed by atoms with Crippen LogP contribution in [0.5, 0.6) is 0 Å². The van der Waals surface area contributed by atoms with Crippen LogP contribution in [0.2, 0.25) is 0 Å². The fraction of sp³-hybridized carbons (Fsp3) is 0.800. The minimum atomic E-state index is -3.63. The van der Waals surface area contributed by atoms with E-state index in [0.717, 1.165) is 23.6 Å². The maximum atomic E-state index is 12.6. The molecule has 4 atom stereocenters. The summed E-state index contributed by atoms with van der Waals surface area (Å²) in [6.07, 6.45) is 2.84. The van der Waals surface area contributed by atoms with E-state index < -0.39 is 22.0 Å². The van der Waals surface area contributed by atoms with Crippen LogP contribution in [0.4, 0.5) is 0 Å². The van der Waals surface area contributed by atoms with Crippen LogP contribution in [0.15, 0.2) is 12.7 Å². The number of sulfonamides is 1. The van der Waals surface area contributed by atoms with Crippen molar-refractivity contribution in [2.75, 3.05) is 5.75 Å². The van der Waals surface area contributed by atoms with E-state index in [4.69, 9.17) is 0 Å². The molecule has 1 saturated heterocycles. The van der Waals surface area contributed by atoms with Crippen molar-refractivity contribution < 1.29 is 18.3 Å². The Balaban J connectivity index is 2.00. The van der Waals surface area contributed by atoms with Gasteiger partial charge in [-0.25, -0.2) is 12.7 Å². The molecule has 1 N–H and O–H groups in total. The van der Waals surface area contributed by atoms with E-state index in [9.17, 15) is 18.3 Å². The van der Waals surface area contributed by atoms with Gasteiger partial charge in [-0.3, -0.25) is 4.79 Å². The minimum Gasteiger partial charge on any atom is -0.383 e. The number of hydrogen-bond acceptors (Lipinski definition) is 4. The standard InChI is InChI=1S/C15H23NO4S/c1-4-5-11(17)13(18)16-12-8-10-6-7-15(12,14(10,2)3)9-21(16,19)20/h4,10-12,17H,1,5-9H2,2-3H3/t10-,11+,12-,15-/m1/s1. The van der Waals surface area contributed by atoms with Crippen LogP contribution in [-0.2, 0) is 14.8 Å². The topological polar surface area (TPSA) is 74.7 Å². The Morgan fingerprint density at radius 1 is 1.52 bits per heavy atom. The van der Waals surface area contributed by atoms with Gasteiger partial charge < -0.3 is 5.11 Å². The third-order valence-corrected chi connectivity index (χ3v) is 8.22. The lowest BCUT2D eigenvalue weighted by Crippen LogP contribution is -2.47. The first kappa shape index (κ1) is 15.0. The lowest BCUT2D eigenvalue weighted by molar-refractivity contribution is -0.137. The summed E-state index contributed by atoms with van der Waals surface area (Å²) in [5, 5.41) is 9.90. The van der Waals surface area contributed by atoms with Gasteiger partial charge in [-0.05, 0) is 30.6 Å². The average Bonchev–Trinajstić information content (AvgIpc) is 2.85. The molecular weight excluding hydrogens is 290 g/mol. The van der Waals surface area contributed by atoms with Crippen LogP contribution in [0.1, 0.15) is 39.5 Å². The van der Waals surface area contributed by atoms with Crippen LogP contribution in [0.25, 0.3) is 0 Å². The van der Waals surface area contributed by atoms with Gasteiger partial charge in [-0.15, -0.1) is 6.58 Å². The minimum absolute atomic E-state index is 0.0424. The normalized spacial score (nSPS) is 40.0. The second-order valence-corrected chi connectivity index (χ2v) is 9.14. The zero-order valence-electron chi connectivity index (χ0n) is 12.6. The molecule has 21 heavy (non-hydrogen) atoms. The molecule has 1 aliphatic heterocycles. The zero-order valence-corrected chi connectivity index (χ0v) is 13.4. The molecule has 3 aliphatic rings. The van der Waals surface area contributed by atoms with Crippen molar-refractivity contribution in [1.82, 2.24) is 4.31 Å². The first-order chi connectivity index (χ1) is 9.67. The van der Waals surface area contributed by atoms with Crippen molar-refractivity contribution in [2.45, 2.75) is 51.7 Å². The smallest absolute Gasteiger partial charge is 0.265 e. The van der Waals surface area contributed by atoms with Gasteiger partial charge in [0.2, 0.25) is 10.0 Å². The van der Waals surface area contributed by atoms with E-state index in [1.165, 1.54) is 6.08 Å². The molecule has 3 fully saturated rings. The fourth-order valence-electron chi connectivity index (χ4n) is 4.98. The number of fused-ring (bicyclic) bond motifs is 1. The number of carbonyl (C=O) groups excluding carboxylic acids is 1. The predicted octanol–water partition coefficient (Wildman–Crippen LogP) is 1.29. The number of aliphatic hydroxyl groups excluding tert-OH is 1. The molecule has 3 rings (SSSR count). The monoisotopic (exact) mass is 313 g/mol. The molecule has 2 bridgehead atoms. The Morgan fingerprint density at radius 3 is 2.76 bits per heavy atom. The fourth-order valence-corrected chi connectivity index (χ4v) is 7.55. The summed E-state index contributed by atoms with van der Waals surface area (Å²) in [7, 11) is -3.63. The molecule has 0 aromatic carbocycles. The Morgan fingerprint density at radius 2 is 2.19 bits per heavy atom. The quantitative estimate of drug-likeness (QED) is 0.797. The highest BCUT2D eigenvalue weighted by Crippen LogP contribution is 2.69. The van der Waals surface area contributed by atoms with Gasteiger partial charge in [-0.1, -0.05) is 19.9 Å². The molecule has 2 aliphatic carbocycles. The summed E-state index contributed by atoms with van der Waals surface area (Å²) in [5.41, 5.74) is -0.400. The van der Waals surface area contributed by atoms with Gasteiger partial charge in [-0.2, -0.15) is 0 Å². The number of nitrogens with zero attached hydrogens (tertiary/aromatic N) is 1. The van der Waals surface area contributed by atoms with Gasteiger partial charge in [0.1, 0.15) is 6.10 Å². The Kier molecular flexibility index (Phi) is 3.09. The van der Waals surface area contributed by atoms with Gasteiger partial charge in [0, 0.05) is 11.8 Å². The van der Waals surface area contributed by atoms with Crippen LogP contribution in [0.3, 0.4) is 0 Å². The van der Waals surface area contributed by atoms with E-state index in [-0.39, 0.29) is 29.0 Å². The van der Waals surface area contributed by atoms with Crippen LogP contribution >= 0.6 is 0 Å². The molecule has 1 heterocycles. The molecule has 0 aromatic rings. The molecule has 0 unspecified atom stereocenters. The highest BCUT2D eigenvalue weighted by Gasteiger charge is 2.72. The number of amides is 1.